The summed E-state index contributed by atoms with van der Waals surface area (Å²) in [4.78, 5) is 25.4. The number of nitrogens with one attached hydrogen (secondary N) is 1. The predicted molar refractivity (Wildman–Crippen MR) is 98.4 cm³/mol. The summed E-state index contributed by atoms with van der Waals surface area (Å²) >= 11 is 0. The van der Waals surface area contributed by atoms with E-state index in [2.05, 4.69) is 5.10 Å². The molecule has 2 aromatic carbocycles. The van der Waals surface area contributed by atoms with Crippen LogP contribution in [-0.2, 0) is 6.54 Å². The third kappa shape index (κ3) is 2.65. The number of rotatable bonds is 3. The summed E-state index contributed by atoms with van der Waals surface area (Å²) < 4.78 is 16.1. The van der Waals surface area contributed by atoms with Crippen molar-refractivity contribution < 1.29 is 4.39 Å². The van der Waals surface area contributed by atoms with Crippen LogP contribution in [0.3, 0.4) is 0 Å². The van der Waals surface area contributed by atoms with E-state index >= 15 is 0 Å². The highest BCUT2D eigenvalue weighted by molar-refractivity contribution is 5.80. The molecule has 0 aliphatic heterocycles. The minimum Gasteiger partial charge on any atom is -0.308 e. The Balaban J connectivity index is 1.90. The van der Waals surface area contributed by atoms with E-state index in [0.29, 0.717) is 28.8 Å². The van der Waals surface area contributed by atoms with E-state index in [9.17, 15) is 14.0 Å². The summed E-state index contributed by atoms with van der Waals surface area (Å²) in [6.45, 7) is 2.15. The molecule has 4 aromatic rings. The van der Waals surface area contributed by atoms with Crippen LogP contribution in [0.5, 0.6) is 0 Å². The van der Waals surface area contributed by atoms with E-state index < -0.39 is 0 Å². The maximum atomic E-state index is 13.1. The zero-order chi connectivity index (χ0) is 18.3. The molecule has 6 heteroatoms. The Kier molecular flexibility index (Phi) is 3.80. The van der Waals surface area contributed by atoms with Crippen LogP contribution in [0.2, 0.25) is 0 Å². The van der Waals surface area contributed by atoms with E-state index in [1.165, 1.54) is 35.0 Å². The van der Waals surface area contributed by atoms with Gasteiger partial charge in [-0.3, -0.25) is 14.7 Å². The van der Waals surface area contributed by atoms with Crippen LogP contribution >= 0.6 is 0 Å². The number of pyridine rings is 1. The third-order valence-electron chi connectivity index (χ3n) is 4.49. The molecular formula is C20H16FN3O2. The van der Waals surface area contributed by atoms with Gasteiger partial charge in [0.1, 0.15) is 5.82 Å². The van der Waals surface area contributed by atoms with Crippen molar-refractivity contribution in [2.45, 2.75) is 13.5 Å². The number of fused-ring (bicyclic) bond motifs is 1. The van der Waals surface area contributed by atoms with Gasteiger partial charge < -0.3 is 4.57 Å². The SMILES string of the molecule is Cc1c2c(=O)n(-c3ccc(F)cc3)[nH]c2cc(=O)n1Cc1ccccc1. The Labute approximate surface area is 147 Å². The maximum absolute atomic E-state index is 13.1. The average molecular weight is 349 g/mol. The first-order valence-corrected chi connectivity index (χ1v) is 8.19. The fraction of sp³-hybridized carbons (Fsp3) is 0.100. The zero-order valence-corrected chi connectivity index (χ0v) is 14.1. The lowest BCUT2D eigenvalue weighted by molar-refractivity contribution is 0.627. The first kappa shape index (κ1) is 16.1. The second-order valence-corrected chi connectivity index (χ2v) is 6.16. The molecule has 0 spiro atoms. The number of benzene rings is 2. The van der Waals surface area contributed by atoms with Crippen LogP contribution in [0.4, 0.5) is 4.39 Å². The van der Waals surface area contributed by atoms with E-state index in [0.717, 1.165) is 5.56 Å². The van der Waals surface area contributed by atoms with Gasteiger partial charge in [-0.05, 0) is 36.8 Å². The van der Waals surface area contributed by atoms with Crippen molar-refractivity contribution in [3.05, 3.63) is 98.4 Å². The average Bonchev–Trinajstić information content (AvgIpc) is 2.96. The van der Waals surface area contributed by atoms with E-state index in [-0.39, 0.29) is 16.9 Å². The highest BCUT2D eigenvalue weighted by atomic mass is 19.1. The van der Waals surface area contributed by atoms with Gasteiger partial charge in [-0.15, -0.1) is 0 Å². The molecule has 130 valence electrons. The van der Waals surface area contributed by atoms with E-state index in [1.807, 2.05) is 30.3 Å². The number of H-pyrrole nitrogens is 1. The molecule has 1 N–H and O–H groups in total. The van der Waals surface area contributed by atoms with Crippen LogP contribution in [-0.4, -0.2) is 14.3 Å². The first-order valence-electron chi connectivity index (χ1n) is 8.19. The Hall–Kier alpha value is -3.41. The standard InChI is InChI=1S/C20H16FN3O2/c1-13-19-17(11-18(25)23(13)12-14-5-3-2-4-6-14)22-24(20(19)26)16-9-7-15(21)8-10-16/h2-11,22H,12H2,1H3. The van der Waals surface area contributed by atoms with Gasteiger partial charge in [0.15, 0.2) is 0 Å². The van der Waals surface area contributed by atoms with Crippen LogP contribution < -0.4 is 11.1 Å². The predicted octanol–water partition coefficient (Wildman–Crippen LogP) is 2.98. The molecule has 4 rings (SSSR count). The third-order valence-corrected chi connectivity index (χ3v) is 4.49. The van der Waals surface area contributed by atoms with Crippen LogP contribution in [0, 0.1) is 12.7 Å². The monoisotopic (exact) mass is 349 g/mol. The zero-order valence-electron chi connectivity index (χ0n) is 14.1. The first-order chi connectivity index (χ1) is 12.5. The number of aryl methyl sites for hydroxylation is 1. The highest BCUT2D eigenvalue weighted by Crippen LogP contribution is 2.15. The summed E-state index contributed by atoms with van der Waals surface area (Å²) in [6, 6.07) is 16.6. The van der Waals surface area contributed by atoms with Gasteiger partial charge in [-0.25, -0.2) is 9.07 Å². The summed E-state index contributed by atoms with van der Waals surface area (Å²) in [6.07, 6.45) is 0. The second kappa shape index (κ2) is 6.15. The summed E-state index contributed by atoms with van der Waals surface area (Å²) in [5.74, 6) is -0.378. The normalized spacial score (nSPS) is 11.2. The molecule has 0 amide bonds. The highest BCUT2D eigenvalue weighted by Gasteiger charge is 2.15. The summed E-state index contributed by atoms with van der Waals surface area (Å²) in [5.41, 5.74) is 2.09. The van der Waals surface area contributed by atoms with Crippen LogP contribution in [0.15, 0.2) is 70.3 Å². The molecule has 2 aromatic heterocycles. The van der Waals surface area contributed by atoms with Crippen molar-refractivity contribution in [2.24, 2.45) is 0 Å². The lowest BCUT2D eigenvalue weighted by Crippen LogP contribution is -2.23. The maximum Gasteiger partial charge on any atom is 0.280 e. The number of aromatic nitrogens is 3. The van der Waals surface area contributed by atoms with Gasteiger partial charge in [-0.2, -0.15) is 0 Å². The van der Waals surface area contributed by atoms with Crippen molar-refractivity contribution in [2.75, 3.05) is 0 Å². The molecule has 2 heterocycles. The van der Waals surface area contributed by atoms with Gasteiger partial charge in [0.05, 0.1) is 23.1 Å². The molecule has 0 aliphatic rings. The number of hydrogen-bond donors (Lipinski definition) is 1. The van der Waals surface area contributed by atoms with Gasteiger partial charge in [-0.1, -0.05) is 30.3 Å². The fourth-order valence-corrected chi connectivity index (χ4v) is 3.14. The number of halogens is 1. The second-order valence-electron chi connectivity index (χ2n) is 6.16. The van der Waals surface area contributed by atoms with Crippen LogP contribution in [0.1, 0.15) is 11.3 Å². The van der Waals surface area contributed by atoms with Crippen molar-refractivity contribution >= 4 is 10.9 Å². The summed E-state index contributed by atoms with van der Waals surface area (Å²) in [7, 11) is 0. The number of aromatic amines is 1. The Morgan fingerprint density at radius 3 is 2.38 bits per heavy atom. The topological polar surface area (TPSA) is 59.8 Å². The lowest BCUT2D eigenvalue weighted by Gasteiger charge is -2.10. The minimum atomic E-state index is -0.378. The van der Waals surface area contributed by atoms with Crippen molar-refractivity contribution in [1.82, 2.24) is 14.3 Å². The Morgan fingerprint density at radius 2 is 1.69 bits per heavy atom. The molecule has 26 heavy (non-hydrogen) atoms. The van der Waals surface area contributed by atoms with Gasteiger partial charge >= 0.3 is 0 Å². The minimum absolute atomic E-state index is 0.189. The molecule has 0 aliphatic carbocycles. The van der Waals surface area contributed by atoms with Gasteiger partial charge in [0, 0.05) is 11.8 Å². The van der Waals surface area contributed by atoms with E-state index in [1.54, 1.807) is 11.5 Å². The van der Waals surface area contributed by atoms with Crippen LogP contribution in [0.25, 0.3) is 16.6 Å². The molecule has 0 bridgehead atoms. The van der Waals surface area contributed by atoms with Crippen molar-refractivity contribution in [3.8, 4) is 5.69 Å². The molecule has 5 nitrogen and oxygen atoms in total. The molecular weight excluding hydrogens is 333 g/mol. The molecule has 0 saturated carbocycles. The summed E-state index contributed by atoms with van der Waals surface area (Å²) in [5, 5.41) is 3.39. The molecule has 0 fully saturated rings. The van der Waals surface area contributed by atoms with E-state index in [4.69, 9.17) is 0 Å². The molecule has 0 atom stereocenters. The number of hydrogen-bond acceptors (Lipinski definition) is 2. The van der Waals surface area contributed by atoms with Gasteiger partial charge in [0.25, 0.3) is 11.1 Å². The van der Waals surface area contributed by atoms with Crippen molar-refractivity contribution in [1.29, 1.82) is 0 Å². The molecule has 0 unspecified atom stereocenters. The fourth-order valence-electron chi connectivity index (χ4n) is 3.14. The quantitative estimate of drug-likeness (QED) is 0.618. The number of nitrogens with zero attached hydrogens (tertiary/aromatic N) is 2. The largest absolute Gasteiger partial charge is 0.308 e. The molecule has 0 radical (unpaired) electrons. The molecule has 0 saturated heterocycles. The Bertz CT molecular complexity index is 1200. The van der Waals surface area contributed by atoms with Crippen molar-refractivity contribution in [3.63, 3.8) is 0 Å². The Morgan fingerprint density at radius 1 is 1.00 bits per heavy atom. The lowest BCUT2D eigenvalue weighted by atomic mass is 10.2. The van der Waals surface area contributed by atoms with Gasteiger partial charge in [0.2, 0.25) is 0 Å². The smallest absolute Gasteiger partial charge is 0.280 e.